The molecule has 0 saturated carbocycles. The fourth-order valence-corrected chi connectivity index (χ4v) is 5.05. The monoisotopic (exact) mass is 502 g/mol. The minimum atomic E-state index is -0.0620. The van der Waals surface area contributed by atoms with Crippen LogP contribution < -0.4 is 14.4 Å². The summed E-state index contributed by atoms with van der Waals surface area (Å²) in [7, 11) is 0. The van der Waals surface area contributed by atoms with E-state index in [1.807, 2.05) is 62.9 Å². The first-order valence-electron chi connectivity index (χ1n) is 13.1. The normalized spacial score (nSPS) is 15.6. The zero-order valence-electron chi connectivity index (χ0n) is 21.9. The van der Waals surface area contributed by atoms with Crippen LogP contribution in [0, 0.1) is 0 Å². The van der Waals surface area contributed by atoms with Crippen molar-refractivity contribution in [3.63, 3.8) is 0 Å². The summed E-state index contributed by atoms with van der Waals surface area (Å²) in [5, 5.41) is 1.87. The van der Waals surface area contributed by atoms with Gasteiger partial charge in [0.2, 0.25) is 0 Å². The lowest BCUT2D eigenvalue weighted by atomic mass is 10.0. The van der Waals surface area contributed by atoms with Gasteiger partial charge >= 0.3 is 0 Å². The fraction of sp³-hybridized carbons (Fsp3) is 0.429. The molecule has 5 rings (SSSR count). The van der Waals surface area contributed by atoms with Gasteiger partial charge in [-0.05, 0) is 64.1 Å². The topological polar surface area (TPSA) is 96.5 Å². The molecule has 2 aromatic carbocycles. The first kappa shape index (κ1) is 24.8. The summed E-state index contributed by atoms with van der Waals surface area (Å²) >= 11 is 0. The predicted octanol–water partition coefficient (Wildman–Crippen LogP) is 4.82. The molecule has 194 valence electrons. The van der Waals surface area contributed by atoms with Gasteiger partial charge in [-0.1, -0.05) is 12.1 Å². The number of aromatic amines is 1. The van der Waals surface area contributed by atoms with Gasteiger partial charge < -0.3 is 24.3 Å². The number of ether oxygens (including phenoxy) is 2. The van der Waals surface area contributed by atoms with Gasteiger partial charge in [-0.2, -0.15) is 0 Å². The second-order valence-electron chi connectivity index (χ2n) is 9.57. The van der Waals surface area contributed by atoms with Crippen molar-refractivity contribution in [3.8, 4) is 11.5 Å². The van der Waals surface area contributed by atoms with E-state index in [1.54, 1.807) is 12.7 Å². The highest BCUT2D eigenvalue weighted by Crippen LogP contribution is 2.35. The number of H-pyrrole nitrogens is 1. The molecule has 1 saturated heterocycles. The number of amides is 1. The van der Waals surface area contributed by atoms with Gasteiger partial charge in [0.25, 0.3) is 5.91 Å². The maximum absolute atomic E-state index is 13.3. The van der Waals surface area contributed by atoms with Crippen LogP contribution in [0.2, 0.25) is 0 Å². The fourth-order valence-electron chi connectivity index (χ4n) is 5.05. The molecule has 9 heteroatoms. The highest BCUT2D eigenvalue weighted by atomic mass is 16.5. The predicted molar refractivity (Wildman–Crippen MR) is 145 cm³/mol. The Hall–Kier alpha value is -3.88. The lowest BCUT2D eigenvalue weighted by molar-refractivity contribution is 0.0767. The molecule has 0 bridgehead atoms. The largest absolute Gasteiger partial charge is 0.491 e. The van der Waals surface area contributed by atoms with Gasteiger partial charge in [-0.3, -0.25) is 4.79 Å². The highest BCUT2D eigenvalue weighted by molar-refractivity contribution is 6.03. The summed E-state index contributed by atoms with van der Waals surface area (Å²) in [6.07, 6.45) is 5.22. The zero-order chi connectivity index (χ0) is 25.9. The average molecular weight is 503 g/mol. The van der Waals surface area contributed by atoms with Crippen molar-refractivity contribution in [3.05, 3.63) is 48.5 Å². The molecule has 0 spiro atoms. The number of benzene rings is 2. The summed E-state index contributed by atoms with van der Waals surface area (Å²) in [6.45, 7) is 10.6. The van der Waals surface area contributed by atoms with Gasteiger partial charge in [0.1, 0.15) is 29.9 Å². The van der Waals surface area contributed by atoms with E-state index in [0.29, 0.717) is 36.7 Å². The van der Waals surface area contributed by atoms with Crippen LogP contribution in [0.3, 0.4) is 0 Å². The van der Waals surface area contributed by atoms with Crippen LogP contribution in [-0.2, 0) is 0 Å². The molecule has 0 aliphatic carbocycles. The molecule has 0 unspecified atom stereocenters. The minimum Gasteiger partial charge on any atom is -0.491 e. The lowest BCUT2D eigenvalue weighted by Gasteiger charge is -2.26. The Morgan fingerprint density at radius 2 is 2.00 bits per heavy atom. The molecule has 1 amide bonds. The summed E-state index contributed by atoms with van der Waals surface area (Å²) in [4.78, 5) is 33.6. The van der Waals surface area contributed by atoms with E-state index >= 15 is 0 Å². The molecule has 0 radical (unpaired) electrons. The van der Waals surface area contributed by atoms with E-state index in [4.69, 9.17) is 9.47 Å². The Labute approximate surface area is 216 Å². The number of fused-ring (bicyclic) bond motifs is 2. The summed E-state index contributed by atoms with van der Waals surface area (Å²) < 4.78 is 12.6. The number of nitrogens with one attached hydrogen (secondary N) is 1. The summed E-state index contributed by atoms with van der Waals surface area (Å²) in [5.41, 5.74) is 2.09. The van der Waals surface area contributed by atoms with E-state index in [9.17, 15) is 4.79 Å². The van der Waals surface area contributed by atoms with Gasteiger partial charge in [0, 0.05) is 25.0 Å². The third-order valence-corrected chi connectivity index (χ3v) is 6.87. The number of hydrogen-bond acceptors (Lipinski definition) is 7. The molecule has 2 aromatic heterocycles. The van der Waals surface area contributed by atoms with Crippen LogP contribution in [0.1, 0.15) is 50.9 Å². The lowest BCUT2D eigenvalue weighted by Crippen LogP contribution is -2.35. The molecular formula is C28H34N6O3. The van der Waals surface area contributed by atoms with Gasteiger partial charge in [-0.15, -0.1) is 0 Å². The molecule has 4 aromatic rings. The first-order valence-corrected chi connectivity index (χ1v) is 13.1. The van der Waals surface area contributed by atoms with Crippen LogP contribution in [0.5, 0.6) is 11.5 Å². The second kappa shape index (κ2) is 10.6. The molecule has 3 heterocycles. The van der Waals surface area contributed by atoms with Gasteiger partial charge in [0.05, 0.1) is 24.0 Å². The number of nitrogens with zero attached hydrogens (tertiary/aromatic N) is 5. The molecular weight excluding hydrogens is 468 g/mol. The summed E-state index contributed by atoms with van der Waals surface area (Å²) in [5.74, 6) is 2.19. The number of imidazole rings is 1. The number of aromatic nitrogens is 4. The van der Waals surface area contributed by atoms with Gasteiger partial charge in [0.15, 0.2) is 11.5 Å². The summed E-state index contributed by atoms with van der Waals surface area (Å²) in [6, 6.07) is 10.0. The SMILES string of the molecule is CCN(CC)C(=O)c1cc2cccc(OC[C@H]3CCCN3c3ncnc4nc[nH]c34)c2cc1OC(C)C. The van der Waals surface area contributed by atoms with Crippen molar-refractivity contribution < 1.29 is 14.3 Å². The quantitative estimate of drug-likeness (QED) is 0.350. The van der Waals surface area contributed by atoms with Crippen molar-refractivity contribution in [2.75, 3.05) is 31.1 Å². The van der Waals surface area contributed by atoms with E-state index in [2.05, 4.69) is 24.8 Å². The van der Waals surface area contributed by atoms with E-state index < -0.39 is 0 Å². The van der Waals surface area contributed by atoms with Crippen LogP contribution in [-0.4, -0.2) is 69.1 Å². The van der Waals surface area contributed by atoms with Crippen molar-refractivity contribution >= 4 is 33.7 Å². The first-order chi connectivity index (χ1) is 18.0. The third-order valence-electron chi connectivity index (χ3n) is 6.87. The second-order valence-corrected chi connectivity index (χ2v) is 9.57. The number of carbonyl (C=O) groups excluding carboxylic acids is 1. The Morgan fingerprint density at radius 1 is 1.16 bits per heavy atom. The van der Waals surface area contributed by atoms with Gasteiger partial charge in [-0.25, -0.2) is 15.0 Å². The Kier molecular flexibility index (Phi) is 7.12. The van der Waals surface area contributed by atoms with Crippen LogP contribution in [0.4, 0.5) is 5.82 Å². The maximum atomic E-state index is 13.3. The molecule has 1 fully saturated rings. The van der Waals surface area contributed by atoms with Crippen LogP contribution in [0.25, 0.3) is 21.9 Å². The maximum Gasteiger partial charge on any atom is 0.257 e. The number of anilines is 1. The number of carbonyl (C=O) groups is 1. The highest BCUT2D eigenvalue weighted by Gasteiger charge is 2.29. The van der Waals surface area contributed by atoms with E-state index in [-0.39, 0.29) is 18.1 Å². The molecule has 1 atom stereocenters. The van der Waals surface area contributed by atoms with Crippen molar-refractivity contribution in [1.29, 1.82) is 0 Å². The van der Waals surface area contributed by atoms with Crippen LogP contribution in [0.15, 0.2) is 43.0 Å². The third kappa shape index (κ3) is 4.90. The smallest absolute Gasteiger partial charge is 0.257 e. The van der Waals surface area contributed by atoms with Crippen molar-refractivity contribution in [2.24, 2.45) is 0 Å². The average Bonchev–Trinajstić information content (AvgIpc) is 3.57. The van der Waals surface area contributed by atoms with E-state index in [0.717, 1.165) is 47.2 Å². The minimum absolute atomic E-state index is 0.0227. The number of hydrogen-bond donors (Lipinski definition) is 1. The van der Waals surface area contributed by atoms with Crippen molar-refractivity contribution in [1.82, 2.24) is 24.8 Å². The van der Waals surface area contributed by atoms with Crippen LogP contribution >= 0.6 is 0 Å². The van der Waals surface area contributed by atoms with E-state index in [1.165, 1.54) is 0 Å². The number of rotatable bonds is 9. The Bertz CT molecular complexity index is 1400. The van der Waals surface area contributed by atoms with Crippen molar-refractivity contribution in [2.45, 2.75) is 52.7 Å². The Balaban J connectivity index is 1.44. The molecule has 1 aliphatic rings. The standard InChI is InChI=1S/C28H34N6O3/c1-5-33(6-2)28(35)22-13-19-9-7-11-23(21(19)14-24(22)37-18(3)4)36-15-20-10-8-12-34(20)27-25-26(30-16-29-25)31-17-32-27/h7,9,11,13-14,16-18,20H,5-6,8,10,12,15H2,1-4H3,(H,29,30,31,32)/t20-/m1/s1. The molecule has 37 heavy (non-hydrogen) atoms. The zero-order valence-corrected chi connectivity index (χ0v) is 21.9. The Morgan fingerprint density at radius 3 is 2.78 bits per heavy atom. The molecule has 1 N–H and O–H groups in total. The molecule has 1 aliphatic heterocycles. The molecule has 9 nitrogen and oxygen atoms in total.